The number of hydrogen-bond acceptors (Lipinski definition) is 3. The summed E-state index contributed by atoms with van der Waals surface area (Å²) in [4.78, 5) is 8.60. The molecule has 0 bridgehead atoms. The maximum Gasteiger partial charge on any atom is 0.123 e. The van der Waals surface area contributed by atoms with Crippen molar-refractivity contribution in [2.75, 3.05) is 5.73 Å². The molecule has 0 amide bonds. The Morgan fingerprint density at radius 1 is 1.00 bits per heavy atom. The third-order valence-electron chi connectivity index (χ3n) is 2.98. The summed E-state index contributed by atoms with van der Waals surface area (Å²) in [5.74, 6) is -0.235. The third-order valence-corrected chi connectivity index (χ3v) is 2.98. The minimum Gasteiger partial charge on any atom is -0.399 e. The summed E-state index contributed by atoms with van der Waals surface area (Å²) in [7, 11) is 0. The molecule has 19 heavy (non-hydrogen) atoms. The van der Waals surface area contributed by atoms with Crippen LogP contribution in [-0.4, -0.2) is 9.97 Å². The SMILES string of the molecule is Nc1cc(Cc2ccc(F)cc2)c2nccnc2c1. The lowest BCUT2D eigenvalue weighted by Crippen LogP contribution is -1.96. The minimum atomic E-state index is -0.235. The molecule has 0 saturated carbocycles. The first-order chi connectivity index (χ1) is 9.22. The van der Waals surface area contributed by atoms with Crippen molar-refractivity contribution in [1.82, 2.24) is 9.97 Å². The quantitative estimate of drug-likeness (QED) is 0.714. The monoisotopic (exact) mass is 253 g/mol. The Morgan fingerprint density at radius 3 is 2.53 bits per heavy atom. The van der Waals surface area contributed by atoms with Crippen LogP contribution >= 0.6 is 0 Å². The van der Waals surface area contributed by atoms with Crippen molar-refractivity contribution in [2.24, 2.45) is 0 Å². The van der Waals surface area contributed by atoms with E-state index in [9.17, 15) is 4.39 Å². The summed E-state index contributed by atoms with van der Waals surface area (Å²) in [5, 5.41) is 0. The van der Waals surface area contributed by atoms with Crippen molar-refractivity contribution >= 4 is 16.7 Å². The molecular weight excluding hydrogens is 241 g/mol. The fraction of sp³-hybridized carbons (Fsp3) is 0.0667. The lowest BCUT2D eigenvalue weighted by Gasteiger charge is -2.07. The first-order valence-electron chi connectivity index (χ1n) is 5.96. The van der Waals surface area contributed by atoms with Crippen LogP contribution in [0.2, 0.25) is 0 Å². The van der Waals surface area contributed by atoms with Crippen molar-refractivity contribution in [2.45, 2.75) is 6.42 Å². The number of fused-ring (bicyclic) bond motifs is 1. The molecule has 2 aromatic carbocycles. The highest BCUT2D eigenvalue weighted by Crippen LogP contribution is 2.21. The number of halogens is 1. The van der Waals surface area contributed by atoms with Gasteiger partial charge in [0.05, 0.1) is 11.0 Å². The number of nitrogens with two attached hydrogens (primary N) is 1. The number of nitrogens with zero attached hydrogens (tertiary/aromatic N) is 2. The van der Waals surface area contributed by atoms with Crippen molar-refractivity contribution in [3.63, 3.8) is 0 Å². The highest BCUT2D eigenvalue weighted by molar-refractivity contribution is 5.81. The Hall–Kier alpha value is -2.49. The van der Waals surface area contributed by atoms with Crippen LogP contribution in [0, 0.1) is 5.82 Å². The van der Waals surface area contributed by atoms with E-state index in [1.165, 1.54) is 12.1 Å². The molecule has 0 aliphatic rings. The Balaban J connectivity index is 2.07. The molecule has 0 radical (unpaired) electrons. The summed E-state index contributed by atoms with van der Waals surface area (Å²) in [6.45, 7) is 0. The summed E-state index contributed by atoms with van der Waals surface area (Å²) in [5.41, 5.74) is 10.2. The van der Waals surface area contributed by atoms with Crippen LogP contribution < -0.4 is 5.73 Å². The average Bonchev–Trinajstić information content (AvgIpc) is 2.41. The van der Waals surface area contributed by atoms with Gasteiger partial charge in [0.15, 0.2) is 0 Å². The topological polar surface area (TPSA) is 51.8 Å². The number of aromatic nitrogens is 2. The van der Waals surface area contributed by atoms with Gasteiger partial charge in [-0.05, 0) is 41.8 Å². The second-order valence-corrected chi connectivity index (χ2v) is 4.41. The Labute approximate surface area is 109 Å². The third kappa shape index (κ3) is 2.38. The molecule has 1 aromatic heterocycles. The van der Waals surface area contributed by atoms with E-state index in [-0.39, 0.29) is 5.82 Å². The molecule has 3 nitrogen and oxygen atoms in total. The van der Waals surface area contributed by atoms with Crippen molar-refractivity contribution in [1.29, 1.82) is 0 Å². The second-order valence-electron chi connectivity index (χ2n) is 4.41. The van der Waals surface area contributed by atoms with Gasteiger partial charge in [0.1, 0.15) is 5.82 Å². The number of anilines is 1. The molecule has 3 rings (SSSR count). The number of hydrogen-bond donors (Lipinski definition) is 1. The van der Waals surface area contributed by atoms with E-state index in [1.807, 2.05) is 6.07 Å². The van der Waals surface area contributed by atoms with Gasteiger partial charge < -0.3 is 5.73 Å². The summed E-state index contributed by atoms with van der Waals surface area (Å²) in [6, 6.07) is 10.1. The Kier molecular flexibility index (Phi) is 2.83. The van der Waals surface area contributed by atoms with E-state index in [4.69, 9.17) is 5.73 Å². The van der Waals surface area contributed by atoms with Gasteiger partial charge in [0.2, 0.25) is 0 Å². The molecule has 3 aromatic rings. The predicted molar refractivity (Wildman–Crippen MR) is 73.2 cm³/mol. The van der Waals surface area contributed by atoms with Crippen LogP contribution in [0.5, 0.6) is 0 Å². The standard InChI is InChI=1S/C15H12FN3/c16-12-3-1-10(2-4-12)7-11-8-13(17)9-14-15(11)19-6-5-18-14/h1-6,8-9H,7,17H2. The normalized spacial score (nSPS) is 10.8. The second kappa shape index (κ2) is 4.65. The van der Waals surface area contributed by atoms with Crippen LogP contribution in [0.25, 0.3) is 11.0 Å². The van der Waals surface area contributed by atoms with Gasteiger partial charge in [-0.25, -0.2) is 4.39 Å². The number of benzene rings is 2. The van der Waals surface area contributed by atoms with E-state index in [1.54, 1.807) is 30.6 Å². The van der Waals surface area contributed by atoms with Gasteiger partial charge in [0, 0.05) is 18.1 Å². The zero-order valence-corrected chi connectivity index (χ0v) is 10.2. The van der Waals surface area contributed by atoms with Gasteiger partial charge in [-0.2, -0.15) is 0 Å². The van der Waals surface area contributed by atoms with Gasteiger partial charge >= 0.3 is 0 Å². The van der Waals surface area contributed by atoms with Crippen molar-refractivity contribution < 1.29 is 4.39 Å². The van der Waals surface area contributed by atoms with E-state index in [0.29, 0.717) is 12.1 Å². The Bertz CT molecular complexity index is 723. The molecule has 4 heteroatoms. The maximum absolute atomic E-state index is 12.9. The van der Waals surface area contributed by atoms with Gasteiger partial charge in [-0.15, -0.1) is 0 Å². The van der Waals surface area contributed by atoms with Crippen molar-refractivity contribution in [3.8, 4) is 0 Å². The molecule has 0 fully saturated rings. The maximum atomic E-state index is 12.9. The summed E-state index contributed by atoms with van der Waals surface area (Å²) in [6.07, 6.45) is 3.96. The van der Waals surface area contributed by atoms with E-state index in [0.717, 1.165) is 22.2 Å². The lowest BCUT2D eigenvalue weighted by atomic mass is 10.0. The molecule has 1 heterocycles. The van der Waals surface area contributed by atoms with Crippen LogP contribution in [0.3, 0.4) is 0 Å². The fourth-order valence-electron chi connectivity index (χ4n) is 2.13. The van der Waals surface area contributed by atoms with Crippen LogP contribution in [0.1, 0.15) is 11.1 Å². The van der Waals surface area contributed by atoms with Crippen LogP contribution in [0.15, 0.2) is 48.8 Å². The summed E-state index contributed by atoms with van der Waals surface area (Å²) >= 11 is 0. The number of rotatable bonds is 2. The smallest absolute Gasteiger partial charge is 0.123 e. The van der Waals surface area contributed by atoms with Gasteiger partial charge in [-0.3, -0.25) is 9.97 Å². The molecule has 0 saturated heterocycles. The molecule has 0 aliphatic carbocycles. The molecule has 0 unspecified atom stereocenters. The average molecular weight is 253 g/mol. The number of nitrogen functional groups attached to an aromatic ring is 1. The summed E-state index contributed by atoms with van der Waals surface area (Å²) < 4.78 is 12.9. The molecular formula is C15H12FN3. The largest absolute Gasteiger partial charge is 0.399 e. The van der Waals surface area contributed by atoms with E-state index in [2.05, 4.69) is 9.97 Å². The van der Waals surface area contributed by atoms with E-state index >= 15 is 0 Å². The van der Waals surface area contributed by atoms with Crippen LogP contribution in [-0.2, 0) is 6.42 Å². The molecule has 94 valence electrons. The molecule has 0 spiro atoms. The Morgan fingerprint density at radius 2 is 1.74 bits per heavy atom. The highest BCUT2D eigenvalue weighted by Gasteiger charge is 2.06. The van der Waals surface area contributed by atoms with Gasteiger partial charge in [-0.1, -0.05) is 12.1 Å². The first-order valence-corrected chi connectivity index (χ1v) is 5.96. The first kappa shape index (κ1) is 11.6. The lowest BCUT2D eigenvalue weighted by molar-refractivity contribution is 0.627. The van der Waals surface area contributed by atoms with Crippen molar-refractivity contribution in [3.05, 3.63) is 65.7 Å². The van der Waals surface area contributed by atoms with Gasteiger partial charge in [0.25, 0.3) is 0 Å². The zero-order chi connectivity index (χ0) is 13.2. The van der Waals surface area contributed by atoms with E-state index < -0.39 is 0 Å². The highest BCUT2D eigenvalue weighted by atomic mass is 19.1. The van der Waals surface area contributed by atoms with Crippen LogP contribution in [0.4, 0.5) is 10.1 Å². The fourth-order valence-corrected chi connectivity index (χ4v) is 2.13. The zero-order valence-electron chi connectivity index (χ0n) is 10.2. The molecule has 0 aliphatic heterocycles. The predicted octanol–water partition coefficient (Wildman–Crippen LogP) is 2.94. The molecule has 2 N–H and O–H groups in total. The minimum absolute atomic E-state index is 0.235. The molecule has 0 atom stereocenters.